The maximum atomic E-state index is 13.3. The van der Waals surface area contributed by atoms with Crippen LogP contribution in [0.15, 0.2) is 29.6 Å². The zero-order valence-electron chi connectivity index (χ0n) is 14.4. The second kappa shape index (κ2) is 8.40. The summed E-state index contributed by atoms with van der Waals surface area (Å²) in [7, 11) is 0. The van der Waals surface area contributed by atoms with Gasteiger partial charge in [-0.25, -0.2) is 9.37 Å². The van der Waals surface area contributed by atoms with Gasteiger partial charge in [-0.2, -0.15) is 0 Å². The summed E-state index contributed by atoms with van der Waals surface area (Å²) >= 11 is 1.39. The van der Waals surface area contributed by atoms with Crippen molar-refractivity contribution in [2.45, 2.75) is 44.6 Å². The summed E-state index contributed by atoms with van der Waals surface area (Å²) in [5, 5.41) is 11.4. The van der Waals surface area contributed by atoms with Gasteiger partial charge in [0.1, 0.15) is 11.5 Å². The minimum atomic E-state index is -0.839. The molecule has 1 unspecified atom stereocenters. The fraction of sp³-hybridized carbons (Fsp3) is 0.421. The third-order valence-electron chi connectivity index (χ3n) is 4.59. The Bertz CT molecular complexity index is 793. The van der Waals surface area contributed by atoms with Crippen LogP contribution in [-0.4, -0.2) is 39.5 Å². The molecule has 0 aliphatic carbocycles. The number of rotatable bonds is 6. The summed E-state index contributed by atoms with van der Waals surface area (Å²) in [6.07, 6.45) is 3.79. The molecule has 138 valence electrons. The summed E-state index contributed by atoms with van der Waals surface area (Å²) in [4.78, 5) is 29.9. The van der Waals surface area contributed by atoms with Crippen LogP contribution in [0.3, 0.4) is 0 Å². The van der Waals surface area contributed by atoms with E-state index in [1.165, 1.54) is 23.5 Å². The van der Waals surface area contributed by atoms with E-state index in [4.69, 9.17) is 5.11 Å². The van der Waals surface area contributed by atoms with Crippen molar-refractivity contribution in [3.05, 3.63) is 51.7 Å². The third kappa shape index (κ3) is 4.66. The Morgan fingerprint density at radius 1 is 1.35 bits per heavy atom. The number of benzene rings is 1. The van der Waals surface area contributed by atoms with Crippen LogP contribution in [0.4, 0.5) is 4.39 Å². The first-order chi connectivity index (χ1) is 12.5. The van der Waals surface area contributed by atoms with E-state index in [1.54, 1.807) is 16.3 Å². The number of carbonyl (C=O) groups excluding carboxylic acids is 1. The highest BCUT2D eigenvalue weighted by Gasteiger charge is 2.29. The Kier molecular flexibility index (Phi) is 5.98. The Hall–Kier alpha value is -2.28. The maximum Gasteiger partial charge on any atom is 0.303 e. The molecule has 0 saturated carbocycles. The van der Waals surface area contributed by atoms with Crippen LogP contribution in [-0.2, 0) is 11.2 Å². The van der Waals surface area contributed by atoms with Crippen LogP contribution in [0, 0.1) is 5.82 Å². The highest BCUT2D eigenvalue weighted by atomic mass is 32.1. The largest absolute Gasteiger partial charge is 0.481 e. The van der Waals surface area contributed by atoms with Gasteiger partial charge in [0.25, 0.3) is 5.91 Å². The molecule has 1 N–H and O–H groups in total. The summed E-state index contributed by atoms with van der Waals surface area (Å²) in [6, 6.07) is 6.31. The highest BCUT2D eigenvalue weighted by molar-refractivity contribution is 7.09. The van der Waals surface area contributed by atoms with Gasteiger partial charge in [0, 0.05) is 30.8 Å². The topological polar surface area (TPSA) is 70.5 Å². The van der Waals surface area contributed by atoms with Gasteiger partial charge in [0.05, 0.1) is 5.01 Å². The number of likely N-dealkylation sites (tertiary alicyclic amines) is 1. The molecule has 0 radical (unpaired) electrons. The summed E-state index contributed by atoms with van der Waals surface area (Å²) in [5.41, 5.74) is 1.21. The average Bonchev–Trinajstić information content (AvgIpc) is 3.08. The molecule has 7 heteroatoms. The number of carbonyl (C=O) groups is 2. The molecule has 1 amide bonds. The molecule has 1 saturated heterocycles. The van der Waals surface area contributed by atoms with Crippen molar-refractivity contribution in [2.24, 2.45) is 0 Å². The first kappa shape index (κ1) is 18.5. The van der Waals surface area contributed by atoms with Crippen molar-refractivity contribution >= 4 is 23.2 Å². The van der Waals surface area contributed by atoms with Gasteiger partial charge < -0.3 is 10.0 Å². The molecule has 2 aromatic rings. The van der Waals surface area contributed by atoms with E-state index in [2.05, 4.69) is 4.98 Å². The number of aliphatic carboxylic acids is 1. The van der Waals surface area contributed by atoms with Crippen molar-refractivity contribution < 1.29 is 19.1 Å². The van der Waals surface area contributed by atoms with Crippen molar-refractivity contribution in [3.8, 4) is 0 Å². The number of amides is 1. The van der Waals surface area contributed by atoms with Gasteiger partial charge in [0.15, 0.2) is 0 Å². The number of piperidine rings is 1. The van der Waals surface area contributed by atoms with Gasteiger partial charge in [-0.1, -0.05) is 12.1 Å². The number of hydrogen-bond acceptors (Lipinski definition) is 4. The second-order valence-corrected chi connectivity index (χ2v) is 7.46. The molecule has 1 aromatic carbocycles. The SMILES string of the molecule is O=C(O)CCC1CCCCN1C(=O)c1csc(Cc2cccc(F)c2)n1. The molecule has 1 aromatic heterocycles. The monoisotopic (exact) mass is 376 g/mol. The zero-order chi connectivity index (χ0) is 18.5. The second-order valence-electron chi connectivity index (χ2n) is 6.51. The van der Waals surface area contributed by atoms with Crippen molar-refractivity contribution in [1.82, 2.24) is 9.88 Å². The third-order valence-corrected chi connectivity index (χ3v) is 5.44. The number of carboxylic acid groups (broad SMARTS) is 1. The van der Waals surface area contributed by atoms with E-state index in [1.807, 2.05) is 6.07 Å². The lowest BCUT2D eigenvalue weighted by Gasteiger charge is -2.35. The normalized spacial score (nSPS) is 17.3. The van der Waals surface area contributed by atoms with Gasteiger partial charge in [-0.3, -0.25) is 9.59 Å². The van der Waals surface area contributed by atoms with Crippen LogP contribution in [0.1, 0.15) is 53.2 Å². The average molecular weight is 376 g/mol. The van der Waals surface area contributed by atoms with Gasteiger partial charge in [-0.15, -0.1) is 11.3 Å². The molecule has 0 spiro atoms. The fourth-order valence-electron chi connectivity index (χ4n) is 3.32. The van der Waals surface area contributed by atoms with Crippen molar-refractivity contribution in [2.75, 3.05) is 6.54 Å². The lowest BCUT2D eigenvalue weighted by Crippen LogP contribution is -2.44. The molecule has 0 bridgehead atoms. The lowest BCUT2D eigenvalue weighted by molar-refractivity contribution is -0.137. The smallest absolute Gasteiger partial charge is 0.303 e. The molecule has 1 fully saturated rings. The van der Waals surface area contributed by atoms with E-state index in [9.17, 15) is 14.0 Å². The molecule has 1 aliphatic rings. The van der Waals surface area contributed by atoms with Crippen LogP contribution >= 0.6 is 11.3 Å². The first-order valence-corrected chi connectivity index (χ1v) is 9.62. The number of carboxylic acids is 1. The van der Waals surface area contributed by atoms with E-state index < -0.39 is 5.97 Å². The number of nitrogens with zero attached hydrogens (tertiary/aromatic N) is 2. The van der Waals surface area contributed by atoms with E-state index in [-0.39, 0.29) is 24.2 Å². The summed E-state index contributed by atoms with van der Waals surface area (Å²) in [5.74, 6) is -1.26. The molecule has 3 rings (SSSR count). The van der Waals surface area contributed by atoms with Crippen LogP contribution in [0.25, 0.3) is 0 Å². The minimum Gasteiger partial charge on any atom is -0.481 e. The number of thiazole rings is 1. The highest BCUT2D eigenvalue weighted by Crippen LogP contribution is 2.24. The number of hydrogen-bond donors (Lipinski definition) is 1. The minimum absolute atomic E-state index is 0.0410. The summed E-state index contributed by atoms with van der Waals surface area (Å²) < 4.78 is 13.3. The first-order valence-electron chi connectivity index (χ1n) is 8.74. The van der Waals surface area contributed by atoms with Crippen LogP contribution in [0.5, 0.6) is 0 Å². The molecule has 2 heterocycles. The van der Waals surface area contributed by atoms with E-state index >= 15 is 0 Å². The van der Waals surface area contributed by atoms with E-state index in [0.29, 0.717) is 25.1 Å². The Balaban J connectivity index is 1.68. The van der Waals surface area contributed by atoms with Crippen molar-refractivity contribution in [3.63, 3.8) is 0 Å². The maximum absolute atomic E-state index is 13.3. The van der Waals surface area contributed by atoms with Gasteiger partial charge in [-0.05, 0) is 43.4 Å². The predicted molar refractivity (Wildman–Crippen MR) is 96.9 cm³/mol. The fourth-order valence-corrected chi connectivity index (χ4v) is 4.12. The molecule has 26 heavy (non-hydrogen) atoms. The molecular formula is C19H21FN2O3S. The van der Waals surface area contributed by atoms with Gasteiger partial charge >= 0.3 is 5.97 Å². The quantitative estimate of drug-likeness (QED) is 0.834. The lowest BCUT2D eigenvalue weighted by atomic mass is 9.97. The number of halogens is 1. The number of aromatic nitrogens is 1. The molecular weight excluding hydrogens is 355 g/mol. The van der Waals surface area contributed by atoms with Crippen molar-refractivity contribution in [1.29, 1.82) is 0 Å². The molecule has 5 nitrogen and oxygen atoms in total. The van der Waals surface area contributed by atoms with Crippen LogP contribution in [0.2, 0.25) is 0 Å². The summed E-state index contributed by atoms with van der Waals surface area (Å²) in [6.45, 7) is 0.639. The Labute approximate surface area is 155 Å². The molecule has 1 aliphatic heterocycles. The van der Waals surface area contributed by atoms with Crippen LogP contribution < -0.4 is 0 Å². The zero-order valence-corrected chi connectivity index (χ0v) is 15.2. The standard InChI is InChI=1S/C19H21FN2O3S/c20-14-5-3-4-13(10-14)11-17-21-16(12-26-17)19(25)22-9-2-1-6-15(22)7-8-18(23)24/h3-5,10,12,15H,1-2,6-9,11H2,(H,23,24). The Morgan fingerprint density at radius 2 is 2.19 bits per heavy atom. The molecule has 1 atom stereocenters. The van der Waals surface area contributed by atoms with Gasteiger partial charge in [0.2, 0.25) is 0 Å². The van der Waals surface area contributed by atoms with E-state index in [0.717, 1.165) is 29.8 Å². The Morgan fingerprint density at radius 3 is 2.96 bits per heavy atom. The predicted octanol–water partition coefficient (Wildman–Crippen LogP) is 3.73.